The maximum absolute atomic E-state index is 5.26. The molecular weight excluding hydrogens is 176 g/mol. The van der Waals surface area contributed by atoms with E-state index in [1.165, 1.54) is 0 Å². The molecule has 0 atom stereocenters. The van der Waals surface area contributed by atoms with E-state index in [-0.39, 0.29) is 0 Å². The second-order valence-electron chi connectivity index (χ2n) is 3.12. The molecule has 0 aliphatic carbocycles. The normalized spacial score (nSPS) is 11.5. The summed E-state index contributed by atoms with van der Waals surface area (Å²) in [5.41, 5.74) is 4.12. The zero-order valence-corrected chi connectivity index (χ0v) is 8.46. The molecule has 0 unspecified atom stereocenters. The standard InChI is InChI=1S/C10H14N4/c1-6(2)5-9-7(3)13-10(14-11)8(4)12-9/h5H,1,3,11H2,2,4H3,(H,13,14)/b9-5+. The lowest BCUT2D eigenvalue weighted by Gasteiger charge is -2.02. The van der Waals surface area contributed by atoms with Crippen LogP contribution in [-0.4, -0.2) is 9.97 Å². The molecule has 74 valence electrons. The molecule has 0 amide bonds. The molecule has 0 aliphatic rings. The van der Waals surface area contributed by atoms with Gasteiger partial charge in [-0.15, -0.1) is 0 Å². The quantitative estimate of drug-likeness (QED) is 0.502. The first-order valence-corrected chi connectivity index (χ1v) is 4.22. The molecule has 0 aliphatic heterocycles. The van der Waals surface area contributed by atoms with Crippen molar-refractivity contribution in [1.82, 2.24) is 9.97 Å². The lowest BCUT2D eigenvalue weighted by molar-refractivity contribution is 1.03. The molecule has 0 fully saturated rings. The van der Waals surface area contributed by atoms with Crippen LogP contribution in [0.5, 0.6) is 0 Å². The highest BCUT2D eigenvalue weighted by molar-refractivity contribution is 5.44. The fourth-order valence-electron chi connectivity index (χ4n) is 1.06. The Labute approximate surface area is 82.9 Å². The van der Waals surface area contributed by atoms with E-state index in [4.69, 9.17) is 5.84 Å². The molecule has 3 N–H and O–H groups in total. The molecule has 1 rings (SSSR count). The molecule has 0 bridgehead atoms. The van der Waals surface area contributed by atoms with Gasteiger partial charge in [-0.2, -0.15) is 0 Å². The van der Waals surface area contributed by atoms with Crippen LogP contribution >= 0.6 is 0 Å². The molecule has 0 saturated heterocycles. The fraction of sp³-hybridized carbons (Fsp3) is 0.200. The zero-order chi connectivity index (χ0) is 10.7. The van der Waals surface area contributed by atoms with E-state index in [9.17, 15) is 0 Å². The molecule has 0 aromatic carbocycles. The predicted octanol–water partition coefficient (Wildman–Crippen LogP) is -0.162. The van der Waals surface area contributed by atoms with Gasteiger partial charge in [-0.3, -0.25) is 0 Å². The molecule has 4 heteroatoms. The SMILES string of the molecule is C=C(C)/C=c1/nc(C)c(NN)nc1=C. The Morgan fingerprint density at radius 1 is 1.50 bits per heavy atom. The van der Waals surface area contributed by atoms with E-state index in [1.807, 2.05) is 19.9 Å². The third kappa shape index (κ3) is 2.17. The summed E-state index contributed by atoms with van der Waals surface area (Å²) >= 11 is 0. The molecule has 1 aromatic heterocycles. The summed E-state index contributed by atoms with van der Waals surface area (Å²) in [4.78, 5) is 8.46. The average Bonchev–Trinajstić information content (AvgIpc) is 2.10. The number of aryl methyl sites for hydroxylation is 1. The van der Waals surface area contributed by atoms with Gasteiger partial charge in [0.2, 0.25) is 0 Å². The number of nitrogens with zero attached hydrogens (tertiary/aromatic N) is 2. The molecule has 1 aromatic rings. The second-order valence-corrected chi connectivity index (χ2v) is 3.12. The summed E-state index contributed by atoms with van der Waals surface area (Å²) in [7, 11) is 0. The predicted molar refractivity (Wildman–Crippen MR) is 58.6 cm³/mol. The Hall–Kier alpha value is -1.68. The number of hydrazine groups is 1. The highest BCUT2D eigenvalue weighted by atomic mass is 15.3. The zero-order valence-electron chi connectivity index (χ0n) is 8.46. The van der Waals surface area contributed by atoms with Gasteiger partial charge in [0.15, 0.2) is 5.82 Å². The van der Waals surface area contributed by atoms with Crippen molar-refractivity contribution in [2.45, 2.75) is 13.8 Å². The summed E-state index contributed by atoms with van der Waals surface area (Å²) in [6.07, 6.45) is 1.84. The number of hydrogen-bond donors (Lipinski definition) is 2. The Bertz CT molecular complexity index is 462. The van der Waals surface area contributed by atoms with Crippen molar-refractivity contribution in [2.75, 3.05) is 5.43 Å². The van der Waals surface area contributed by atoms with E-state index < -0.39 is 0 Å². The molecule has 14 heavy (non-hydrogen) atoms. The van der Waals surface area contributed by atoms with Crippen LogP contribution in [0.1, 0.15) is 12.6 Å². The number of allylic oxidation sites excluding steroid dienone is 1. The summed E-state index contributed by atoms with van der Waals surface area (Å²) in [6.45, 7) is 11.3. The molecule has 0 radical (unpaired) electrons. The van der Waals surface area contributed by atoms with Crippen LogP contribution in [0, 0.1) is 6.92 Å². The van der Waals surface area contributed by atoms with Crippen LogP contribution in [0.4, 0.5) is 5.82 Å². The van der Waals surface area contributed by atoms with Crippen molar-refractivity contribution in [2.24, 2.45) is 5.84 Å². The topological polar surface area (TPSA) is 63.8 Å². The van der Waals surface area contributed by atoms with Crippen molar-refractivity contribution in [3.05, 3.63) is 28.5 Å². The third-order valence-electron chi connectivity index (χ3n) is 1.69. The first kappa shape index (κ1) is 10.4. The van der Waals surface area contributed by atoms with Gasteiger partial charge in [-0.25, -0.2) is 15.8 Å². The summed E-state index contributed by atoms with van der Waals surface area (Å²) in [6, 6.07) is 0. The van der Waals surface area contributed by atoms with E-state index in [1.54, 1.807) is 0 Å². The highest BCUT2D eigenvalue weighted by Crippen LogP contribution is 1.99. The van der Waals surface area contributed by atoms with Gasteiger partial charge in [0.25, 0.3) is 0 Å². The molecule has 0 spiro atoms. The van der Waals surface area contributed by atoms with Gasteiger partial charge in [0.1, 0.15) is 0 Å². The van der Waals surface area contributed by atoms with Gasteiger partial charge in [0.05, 0.1) is 16.4 Å². The van der Waals surface area contributed by atoms with Gasteiger partial charge < -0.3 is 5.43 Å². The van der Waals surface area contributed by atoms with E-state index in [0.717, 1.165) is 16.6 Å². The number of nitrogens with two attached hydrogens (primary N) is 1. The number of nitrogens with one attached hydrogen (secondary N) is 1. The number of aromatic nitrogens is 2. The maximum atomic E-state index is 5.26. The first-order chi connectivity index (χ1) is 6.54. The smallest absolute Gasteiger partial charge is 0.162 e. The Morgan fingerprint density at radius 2 is 2.14 bits per heavy atom. The fourth-order valence-corrected chi connectivity index (χ4v) is 1.06. The molecule has 0 saturated carbocycles. The van der Waals surface area contributed by atoms with E-state index >= 15 is 0 Å². The van der Waals surface area contributed by atoms with Crippen molar-refractivity contribution in [3.8, 4) is 0 Å². The van der Waals surface area contributed by atoms with Gasteiger partial charge in [-0.05, 0) is 19.9 Å². The first-order valence-electron chi connectivity index (χ1n) is 4.22. The van der Waals surface area contributed by atoms with Crippen LogP contribution in [0.3, 0.4) is 0 Å². The van der Waals surface area contributed by atoms with Crippen LogP contribution in [0.25, 0.3) is 12.7 Å². The largest absolute Gasteiger partial charge is 0.307 e. The summed E-state index contributed by atoms with van der Waals surface area (Å²) < 4.78 is 0. The van der Waals surface area contributed by atoms with Crippen molar-refractivity contribution < 1.29 is 0 Å². The Balaban J connectivity index is 3.44. The number of rotatable bonds is 2. The third-order valence-corrected chi connectivity index (χ3v) is 1.69. The minimum atomic E-state index is 0.550. The van der Waals surface area contributed by atoms with Crippen LogP contribution < -0.4 is 22.0 Å². The minimum Gasteiger partial charge on any atom is -0.307 e. The van der Waals surface area contributed by atoms with Crippen LogP contribution in [-0.2, 0) is 0 Å². The monoisotopic (exact) mass is 190 g/mol. The lowest BCUT2D eigenvalue weighted by Crippen LogP contribution is -2.33. The minimum absolute atomic E-state index is 0.550. The maximum Gasteiger partial charge on any atom is 0.162 e. The number of nitrogen functional groups attached to an aromatic ring is 1. The number of hydrogen-bond acceptors (Lipinski definition) is 4. The van der Waals surface area contributed by atoms with E-state index in [2.05, 4.69) is 28.6 Å². The van der Waals surface area contributed by atoms with Gasteiger partial charge >= 0.3 is 0 Å². The molecule has 1 heterocycles. The number of anilines is 1. The lowest BCUT2D eigenvalue weighted by atomic mass is 10.3. The molecule has 4 nitrogen and oxygen atoms in total. The summed E-state index contributed by atoms with van der Waals surface area (Å²) in [5.74, 6) is 5.81. The second kappa shape index (κ2) is 4.02. The van der Waals surface area contributed by atoms with Gasteiger partial charge in [-0.1, -0.05) is 18.7 Å². The van der Waals surface area contributed by atoms with Crippen molar-refractivity contribution >= 4 is 18.5 Å². The molecular formula is C10H14N4. The highest BCUT2D eigenvalue weighted by Gasteiger charge is 1.98. The Kier molecular flexibility index (Phi) is 2.99. The average molecular weight is 190 g/mol. The summed E-state index contributed by atoms with van der Waals surface area (Å²) in [5, 5.41) is 1.32. The van der Waals surface area contributed by atoms with E-state index in [0.29, 0.717) is 11.2 Å². The van der Waals surface area contributed by atoms with Crippen molar-refractivity contribution in [3.63, 3.8) is 0 Å². The van der Waals surface area contributed by atoms with Crippen LogP contribution in [0.2, 0.25) is 0 Å². The van der Waals surface area contributed by atoms with Crippen molar-refractivity contribution in [1.29, 1.82) is 0 Å². The van der Waals surface area contributed by atoms with Crippen LogP contribution in [0.15, 0.2) is 12.2 Å². The van der Waals surface area contributed by atoms with Gasteiger partial charge in [0, 0.05) is 0 Å². The Morgan fingerprint density at radius 3 is 2.64 bits per heavy atom.